The quantitative estimate of drug-likeness (QED) is 0.140. The Labute approximate surface area is 241 Å². The smallest absolute Gasteiger partial charge is 0.238 e. The fourth-order valence-electron chi connectivity index (χ4n) is 4.49. The van der Waals surface area contributed by atoms with Crippen molar-refractivity contribution in [3.8, 4) is 11.6 Å². The van der Waals surface area contributed by atoms with Crippen molar-refractivity contribution in [3.05, 3.63) is 69.1 Å². The number of rotatable bonds is 14. The fourth-order valence-corrected chi connectivity index (χ4v) is 4.49. The maximum absolute atomic E-state index is 12.5. The van der Waals surface area contributed by atoms with Crippen LogP contribution in [-0.2, 0) is 15.9 Å². The van der Waals surface area contributed by atoms with Crippen molar-refractivity contribution >= 4 is 0 Å². The molecular weight excluding hydrogens is 534 g/mol. The first-order valence-electron chi connectivity index (χ1n) is 13.6. The van der Waals surface area contributed by atoms with Crippen LogP contribution in [0.3, 0.4) is 0 Å². The lowest BCUT2D eigenvalue weighted by Crippen LogP contribution is -2.60. The van der Waals surface area contributed by atoms with Crippen LogP contribution in [0.25, 0.3) is 0 Å². The number of aliphatic hydroxyl groups is 5. The van der Waals surface area contributed by atoms with Gasteiger partial charge in [-0.3, -0.25) is 4.79 Å². The Morgan fingerprint density at radius 3 is 2.37 bits per heavy atom. The van der Waals surface area contributed by atoms with Crippen LogP contribution in [0.5, 0.6) is 11.6 Å². The van der Waals surface area contributed by atoms with Gasteiger partial charge in [-0.1, -0.05) is 49.0 Å². The lowest BCUT2D eigenvalue weighted by molar-refractivity contribution is -0.310. The van der Waals surface area contributed by atoms with Crippen LogP contribution < -0.4 is 14.9 Å². The number of aliphatic hydroxyl groups excluding tert-OH is 5. The molecule has 0 radical (unpaired) electrons. The lowest BCUT2D eigenvalue weighted by atomic mass is 9.95. The van der Waals surface area contributed by atoms with E-state index < -0.39 is 43.4 Å². The highest BCUT2D eigenvalue weighted by Crippen LogP contribution is 2.27. The number of pyridine rings is 1. The summed E-state index contributed by atoms with van der Waals surface area (Å²) in [7, 11) is 2.90. The first kappa shape index (κ1) is 34.4. The van der Waals surface area contributed by atoms with Gasteiger partial charge in [0.2, 0.25) is 17.1 Å². The van der Waals surface area contributed by atoms with E-state index in [9.17, 15) is 30.3 Å². The van der Waals surface area contributed by atoms with Gasteiger partial charge in [0.25, 0.3) is 0 Å². The molecule has 6 N–H and O–H groups in total. The highest BCUT2D eigenvalue weighted by molar-refractivity contribution is 5.40. The highest BCUT2D eigenvalue weighted by Gasteiger charge is 2.45. The molecular formula is C30H45NO10. The molecule has 11 heteroatoms. The number of aromatic amines is 1. The van der Waals surface area contributed by atoms with Crippen LogP contribution >= 0.6 is 0 Å². The van der Waals surface area contributed by atoms with Crippen LogP contribution in [-0.4, -0.2) is 94.8 Å². The molecule has 1 aliphatic rings. The summed E-state index contributed by atoms with van der Waals surface area (Å²) in [5.74, 6) is 0.221. The second-order valence-electron chi connectivity index (χ2n) is 10.1. The number of nitrogens with one attached hydrogen (secondary N) is 1. The monoisotopic (exact) mass is 579 g/mol. The van der Waals surface area contributed by atoms with Crippen molar-refractivity contribution in [2.45, 2.75) is 77.3 Å². The Morgan fingerprint density at radius 1 is 1.05 bits per heavy atom. The van der Waals surface area contributed by atoms with Crippen molar-refractivity contribution in [1.82, 2.24) is 4.98 Å². The summed E-state index contributed by atoms with van der Waals surface area (Å²) >= 11 is 0. The minimum absolute atomic E-state index is 0.154. The zero-order valence-corrected chi connectivity index (χ0v) is 24.6. The second kappa shape index (κ2) is 16.6. The molecule has 1 saturated heterocycles. The average molecular weight is 580 g/mol. The maximum atomic E-state index is 12.5. The molecule has 0 saturated carbocycles. The van der Waals surface area contributed by atoms with E-state index in [1.54, 1.807) is 19.9 Å². The Hall–Kier alpha value is -2.77. The number of ether oxygens (including phenoxy) is 4. The van der Waals surface area contributed by atoms with E-state index >= 15 is 0 Å². The van der Waals surface area contributed by atoms with Crippen molar-refractivity contribution < 1.29 is 44.5 Å². The largest absolute Gasteiger partial charge is 0.488 e. The zero-order valence-electron chi connectivity index (χ0n) is 24.6. The van der Waals surface area contributed by atoms with Crippen molar-refractivity contribution in [2.75, 3.05) is 27.4 Å². The molecule has 0 amide bonds. The summed E-state index contributed by atoms with van der Waals surface area (Å²) in [6.45, 7) is 6.65. The summed E-state index contributed by atoms with van der Waals surface area (Å²) < 4.78 is 21.9. The Kier molecular flexibility index (Phi) is 14.0. The summed E-state index contributed by atoms with van der Waals surface area (Å²) in [6.07, 6.45) is 4.93. The van der Waals surface area contributed by atoms with Gasteiger partial charge < -0.3 is 49.5 Å². The molecule has 0 spiro atoms. The molecule has 2 heterocycles. The van der Waals surface area contributed by atoms with E-state index in [0.717, 1.165) is 11.3 Å². The van der Waals surface area contributed by atoms with Gasteiger partial charge in [0.15, 0.2) is 6.29 Å². The van der Waals surface area contributed by atoms with Crippen LogP contribution in [0.15, 0.2) is 52.4 Å². The van der Waals surface area contributed by atoms with Gasteiger partial charge >= 0.3 is 0 Å². The first-order valence-corrected chi connectivity index (χ1v) is 13.6. The molecule has 230 valence electrons. The molecule has 1 aromatic heterocycles. The molecule has 41 heavy (non-hydrogen) atoms. The lowest BCUT2D eigenvalue weighted by Gasteiger charge is -2.41. The molecule has 11 nitrogen and oxygen atoms in total. The van der Waals surface area contributed by atoms with Gasteiger partial charge in [-0.05, 0) is 32.8 Å². The topological polar surface area (TPSA) is 171 Å². The van der Waals surface area contributed by atoms with E-state index in [-0.39, 0.29) is 23.7 Å². The van der Waals surface area contributed by atoms with E-state index in [1.807, 2.05) is 44.2 Å². The third kappa shape index (κ3) is 9.11. The predicted octanol–water partition coefficient (Wildman–Crippen LogP) is 1.45. The van der Waals surface area contributed by atoms with Crippen molar-refractivity contribution in [1.29, 1.82) is 0 Å². The van der Waals surface area contributed by atoms with Gasteiger partial charge in [-0.25, -0.2) is 0 Å². The Morgan fingerprint density at radius 2 is 1.76 bits per heavy atom. The predicted molar refractivity (Wildman–Crippen MR) is 154 cm³/mol. The normalized spacial score (nSPS) is 25.6. The van der Waals surface area contributed by atoms with Gasteiger partial charge in [0, 0.05) is 23.6 Å². The number of H-pyrrole nitrogens is 1. The number of hydrogen-bond donors (Lipinski definition) is 6. The van der Waals surface area contributed by atoms with E-state index in [1.165, 1.54) is 14.2 Å². The molecule has 0 aliphatic carbocycles. The molecule has 7 atom stereocenters. The van der Waals surface area contributed by atoms with Gasteiger partial charge in [0.1, 0.15) is 24.4 Å². The van der Waals surface area contributed by atoms with Crippen LogP contribution in [0.2, 0.25) is 0 Å². The van der Waals surface area contributed by atoms with Crippen LogP contribution in [0.1, 0.15) is 38.4 Å². The van der Waals surface area contributed by atoms with Crippen molar-refractivity contribution in [3.63, 3.8) is 0 Å². The van der Waals surface area contributed by atoms with Crippen molar-refractivity contribution in [2.24, 2.45) is 5.92 Å². The number of methoxy groups -OCH3 is 2. The standard InChI is InChI=1S/C30H45NO10/c1-17(12-13-21-20(4)23(34)28(38-5)29(31-21)39-6)10-8-7-9-11-18(2)27(19(3)14-15-32)41-30-26(37)25(36)24(35)22(16-33)40-30/h7-9,11-12,14,18,22,24-27,30,32-33,35-37H,10,13,15-16H2,1-6H3,(H,31,34)/b8-7+,11-9+,17-12+,19-14+/t18-,22-,24-,25+,26-,27-,30+/m1/s1. The summed E-state index contributed by atoms with van der Waals surface area (Å²) in [4.78, 5) is 15.6. The van der Waals surface area contributed by atoms with E-state index in [2.05, 4.69) is 4.98 Å². The van der Waals surface area contributed by atoms with E-state index in [0.29, 0.717) is 29.9 Å². The molecule has 0 bridgehead atoms. The zero-order chi connectivity index (χ0) is 30.7. The Bertz CT molecular complexity index is 1150. The third-order valence-corrected chi connectivity index (χ3v) is 7.10. The molecule has 1 fully saturated rings. The molecule has 1 aromatic rings. The van der Waals surface area contributed by atoms with Gasteiger partial charge in [-0.15, -0.1) is 0 Å². The minimum atomic E-state index is -1.55. The first-order chi connectivity index (χ1) is 19.5. The van der Waals surface area contributed by atoms with E-state index in [4.69, 9.17) is 18.9 Å². The third-order valence-electron chi connectivity index (χ3n) is 7.10. The number of aromatic nitrogens is 1. The summed E-state index contributed by atoms with van der Waals surface area (Å²) in [6, 6.07) is 0. The van der Waals surface area contributed by atoms with Crippen LogP contribution in [0.4, 0.5) is 0 Å². The minimum Gasteiger partial charge on any atom is -0.488 e. The fraction of sp³-hybridized carbons (Fsp3) is 0.567. The summed E-state index contributed by atoms with van der Waals surface area (Å²) in [5.41, 5.74) is 2.91. The SMILES string of the molecule is COc1[nH]c(C/C=C(\C)C/C=C/C=C/[C@@H](C)[C@@H](O[C@@H]2O[C@H](CO)[C@@H](O)[C@H](O)[C@H]2O)/C(C)=C/CO)c(C)c(=O)c1OC. The van der Waals surface area contributed by atoms with Gasteiger partial charge in [0.05, 0.1) is 33.5 Å². The Balaban J connectivity index is 2.05. The average Bonchev–Trinajstić information content (AvgIpc) is 2.95. The highest BCUT2D eigenvalue weighted by atomic mass is 16.7. The second-order valence-corrected chi connectivity index (χ2v) is 10.1. The van der Waals surface area contributed by atoms with Crippen LogP contribution in [0, 0.1) is 12.8 Å². The molecule has 1 aliphatic heterocycles. The number of hydrogen-bond acceptors (Lipinski definition) is 10. The van der Waals surface area contributed by atoms with Gasteiger partial charge in [-0.2, -0.15) is 0 Å². The molecule has 0 aromatic carbocycles. The summed E-state index contributed by atoms with van der Waals surface area (Å²) in [5, 5.41) is 49.4. The molecule has 0 unspecified atom stereocenters. The number of allylic oxidation sites excluding steroid dienone is 5. The maximum Gasteiger partial charge on any atom is 0.238 e. The molecule has 2 rings (SSSR count).